The molecule has 9 heteroatoms. The third-order valence-electron chi connectivity index (χ3n) is 4.51. The van der Waals surface area contributed by atoms with Crippen LogP contribution in [0.4, 0.5) is 0 Å². The molecule has 170 valence electrons. The number of aromatic nitrogens is 1. The third-order valence-corrected chi connectivity index (χ3v) is 5.40. The van der Waals surface area contributed by atoms with E-state index in [0.717, 1.165) is 11.1 Å². The Morgan fingerprint density at radius 3 is 2.70 bits per heavy atom. The summed E-state index contributed by atoms with van der Waals surface area (Å²) >= 11 is 18.2. The number of benzene rings is 2. The number of nitrogens with zero attached hydrogens (tertiary/aromatic N) is 2. The van der Waals surface area contributed by atoms with Crippen LogP contribution in [-0.4, -0.2) is 24.2 Å². The first-order chi connectivity index (χ1) is 15.9. The second-order valence-corrected chi connectivity index (χ2v) is 7.97. The smallest absolute Gasteiger partial charge is 0.274 e. The zero-order chi connectivity index (χ0) is 23.8. The molecule has 0 aliphatic carbocycles. The van der Waals surface area contributed by atoms with E-state index in [1.165, 1.54) is 12.4 Å². The molecular formula is C24H20Cl3N3O3. The number of amides is 1. The number of hydrogen-bond acceptors (Lipinski definition) is 5. The van der Waals surface area contributed by atoms with Gasteiger partial charge in [-0.2, -0.15) is 5.10 Å². The highest BCUT2D eigenvalue weighted by Crippen LogP contribution is 2.34. The number of allylic oxidation sites excluding steroid dienone is 1. The Balaban J connectivity index is 1.80. The van der Waals surface area contributed by atoms with E-state index < -0.39 is 5.91 Å². The number of carbonyl (C=O) groups is 1. The van der Waals surface area contributed by atoms with Gasteiger partial charge in [0.1, 0.15) is 11.8 Å². The maximum Gasteiger partial charge on any atom is 0.274 e. The summed E-state index contributed by atoms with van der Waals surface area (Å²) in [4.78, 5) is 16.1. The topological polar surface area (TPSA) is 72.8 Å². The number of nitrogens with one attached hydrogen (secondary N) is 1. The number of ether oxygens (including phenoxy) is 2. The molecule has 0 aliphatic rings. The minimum atomic E-state index is -0.470. The molecule has 6 nitrogen and oxygen atoms in total. The van der Waals surface area contributed by atoms with Crippen molar-refractivity contribution in [2.45, 2.75) is 13.0 Å². The molecule has 0 bridgehead atoms. The molecule has 33 heavy (non-hydrogen) atoms. The van der Waals surface area contributed by atoms with Crippen LogP contribution in [0.2, 0.25) is 15.2 Å². The lowest BCUT2D eigenvalue weighted by Crippen LogP contribution is -2.18. The van der Waals surface area contributed by atoms with Crippen LogP contribution in [0.1, 0.15) is 27.0 Å². The van der Waals surface area contributed by atoms with Crippen LogP contribution < -0.4 is 14.9 Å². The van der Waals surface area contributed by atoms with Crippen molar-refractivity contribution >= 4 is 46.9 Å². The number of methoxy groups -OCH3 is 1. The maximum atomic E-state index is 12.2. The van der Waals surface area contributed by atoms with Crippen LogP contribution >= 0.6 is 34.8 Å². The lowest BCUT2D eigenvalue weighted by atomic mass is 10.1. The number of hydrogen-bond donors (Lipinski definition) is 1. The van der Waals surface area contributed by atoms with Crippen molar-refractivity contribution in [1.82, 2.24) is 10.4 Å². The van der Waals surface area contributed by atoms with Crippen molar-refractivity contribution in [2.75, 3.05) is 7.11 Å². The normalized spacial score (nSPS) is 10.8. The van der Waals surface area contributed by atoms with E-state index in [2.05, 4.69) is 22.1 Å². The van der Waals surface area contributed by atoms with Gasteiger partial charge in [0.25, 0.3) is 5.91 Å². The Labute approximate surface area is 206 Å². The molecule has 0 radical (unpaired) electrons. The molecule has 3 aromatic rings. The first-order valence-electron chi connectivity index (χ1n) is 9.75. The zero-order valence-corrected chi connectivity index (χ0v) is 19.9. The number of halogens is 3. The highest BCUT2D eigenvalue weighted by atomic mass is 35.5. The number of hydrazone groups is 1. The van der Waals surface area contributed by atoms with Crippen molar-refractivity contribution in [3.05, 3.63) is 98.8 Å². The number of rotatable bonds is 9. The minimum absolute atomic E-state index is 0.0995. The van der Waals surface area contributed by atoms with Gasteiger partial charge in [0.2, 0.25) is 0 Å². The van der Waals surface area contributed by atoms with Gasteiger partial charge < -0.3 is 9.47 Å². The average Bonchev–Trinajstić information content (AvgIpc) is 2.79. The van der Waals surface area contributed by atoms with E-state index in [9.17, 15) is 4.79 Å². The number of pyridine rings is 1. The summed E-state index contributed by atoms with van der Waals surface area (Å²) in [5, 5.41) is 5.18. The van der Waals surface area contributed by atoms with Crippen molar-refractivity contribution in [1.29, 1.82) is 0 Å². The van der Waals surface area contributed by atoms with Gasteiger partial charge in [0.15, 0.2) is 11.5 Å². The second kappa shape index (κ2) is 11.7. The van der Waals surface area contributed by atoms with Gasteiger partial charge in [0.05, 0.1) is 18.9 Å². The summed E-state index contributed by atoms with van der Waals surface area (Å²) in [5.74, 6) is 0.594. The molecule has 0 atom stereocenters. The van der Waals surface area contributed by atoms with Gasteiger partial charge in [-0.3, -0.25) is 4.79 Å². The summed E-state index contributed by atoms with van der Waals surface area (Å²) in [7, 11) is 1.54. The number of carbonyl (C=O) groups excluding carboxylic acids is 1. The predicted molar refractivity (Wildman–Crippen MR) is 132 cm³/mol. The van der Waals surface area contributed by atoms with Crippen LogP contribution in [0.15, 0.2) is 66.4 Å². The molecule has 1 heterocycles. The molecule has 0 spiro atoms. The van der Waals surface area contributed by atoms with Crippen molar-refractivity contribution in [3.8, 4) is 11.5 Å². The summed E-state index contributed by atoms with van der Waals surface area (Å²) in [6.07, 6.45) is 5.28. The highest BCUT2D eigenvalue weighted by Gasteiger charge is 2.14. The Hall–Kier alpha value is -3.06. The van der Waals surface area contributed by atoms with Gasteiger partial charge in [-0.05, 0) is 48.4 Å². The van der Waals surface area contributed by atoms with E-state index in [1.807, 2.05) is 12.1 Å². The lowest BCUT2D eigenvalue weighted by Gasteiger charge is -2.16. The standard InChI is InChI=1S/C24H20Cl3N3O3/c1-3-5-16-10-15(13-29-30-24(31)19-6-4-9-28-23(19)27)11-21(32-2)22(16)33-14-17-7-8-18(25)12-20(17)26/h3-4,6-13H,1,5,14H2,2H3,(H,30,31). The summed E-state index contributed by atoms with van der Waals surface area (Å²) in [6, 6.07) is 12.0. The molecule has 1 N–H and O–H groups in total. The van der Waals surface area contributed by atoms with Crippen molar-refractivity contribution in [2.24, 2.45) is 5.10 Å². The van der Waals surface area contributed by atoms with E-state index in [0.29, 0.717) is 33.5 Å². The SMILES string of the molecule is C=CCc1cc(C=NNC(=O)c2cccnc2Cl)cc(OC)c1OCc1ccc(Cl)cc1Cl. The van der Waals surface area contributed by atoms with Gasteiger partial charge in [-0.15, -0.1) is 6.58 Å². The quantitative estimate of drug-likeness (QED) is 0.165. The van der Waals surface area contributed by atoms with Crippen LogP contribution in [0, 0.1) is 0 Å². The van der Waals surface area contributed by atoms with Gasteiger partial charge in [0, 0.05) is 27.4 Å². The molecule has 0 unspecified atom stereocenters. The first kappa shape index (κ1) is 24.6. The molecule has 0 saturated carbocycles. The first-order valence-corrected chi connectivity index (χ1v) is 10.9. The summed E-state index contributed by atoms with van der Waals surface area (Å²) in [5.41, 5.74) is 4.98. The fourth-order valence-electron chi connectivity index (χ4n) is 2.95. The average molecular weight is 505 g/mol. The predicted octanol–water partition coefficient (Wildman–Crippen LogP) is 6.12. The molecule has 0 saturated heterocycles. The van der Waals surface area contributed by atoms with E-state index in [-0.39, 0.29) is 17.3 Å². The molecule has 1 aromatic heterocycles. The fraction of sp³-hybridized carbons (Fsp3) is 0.125. The molecule has 2 aromatic carbocycles. The molecule has 0 fully saturated rings. The molecular weight excluding hydrogens is 485 g/mol. The third kappa shape index (κ3) is 6.48. The monoisotopic (exact) mass is 503 g/mol. The Bertz CT molecular complexity index is 1200. The largest absolute Gasteiger partial charge is 0.493 e. The lowest BCUT2D eigenvalue weighted by molar-refractivity contribution is 0.0955. The van der Waals surface area contributed by atoms with Crippen LogP contribution in [0.25, 0.3) is 0 Å². The molecule has 3 rings (SSSR count). The van der Waals surface area contributed by atoms with E-state index in [1.54, 1.807) is 43.5 Å². The summed E-state index contributed by atoms with van der Waals surface area (Å²) in [6.45, 7) is 4.04. The molecule has 0 aliphatic heterocycles. The van der Waals surface area contributed by atoms with Gasteiger partial charge >= 0.3 is 0 Å². The minimum Gasteiger partial charge on any atom is -0.493 e. The maximum absolute atomic E-state index is 12.2. The molecule has 1 amide bonds. The fourth-order valence-corrected chi connectivity index (χ4v) is 3.62. The Kier molecular flexibility index (Phi) is 8.72. The van der Waals surface area contributed by atoms with Crippen LogP contribution in [-0.2, 0) is 13.0 Å². The van der Waals surface area contributed by atoms with Crippen LogP contribution in [0.5, 0.6) is 11.5 Å². The van der Waals surface area contributed by atoms with E-state index >= 15 is 0 Å². The van der Waals surface area contributed by atoms with Crippen LogP contribution in [0.3, 0.4) is 0 Å². The van der Waals surface area contributed by atoms with E-state index in [4.69, 9.17) is 44.3 Å². The Morgan fingerprint density at radius 2 is 2.00 bits per heavy atom. The second-order valence-electron chi connectivity index (χ2n) is 6.77. The highest BCUT2D eigenvalue weighted by molar-refractivity contribution is 6.35. The van der Waals surface area contributed by atoms with Crippen molar-refractivity contribution < 1.29 is 14.3 Å². The van der Waals surface area contributed by atoms with Gasteiger partial charge in [-0.1, -0.05) is 46.9 Å². The Morgan fingerprint density at radius 1 is 1.18 bits per heavy atom. The van der Waals surface area contributed by atoms with Crippen molar-refractivity contribution in [3.63, 3.8) is 0 Å². The zero-order valence-electron chi connectivity index (χ0n) is 17.6. The summed E-state index contributed by atoms with van der Waals surface area (Å²) < 4.78 is 11.6. The van der Waals surface area contributed by atoms with Gasteiger partial charge in [-0.25, -0.2) is 10.4 Å².